The second kappa shape index (κ2) is 5.30. The monoisotopic (exact) mass is 232 g/mol. The Hall–Kier alpha value is -2.10. The number of nitrogens with one attached hydrogen (secondary N) is 1. The van der Waals surface area contributed by atoms with E-state index in [0.29, 0.717) is 13.0 Å². The molecule has 1 heterocycles. The summed E-state index contributed by atoms with van der Waals surface area (Å²) in [4.78, 5) is 0. The molecule has 2 aromatic rings. The van der Waals surface area contributed by atoms with Crippen molar-refractivity contribution in [3.63, 3.8) is 0 Å². The standard InChI is InChI=1S/C13H13FN2O/c1-2-6-17-13-11(4-3-5-12(13)14)7-10-8-15-16-9-10/h2-5,8-9H,1,6-7H2,(H,15,16). The molecule has 1 N–H and O–H groups in total. The Bertz CT molecular complexity index is 494. The molecule has 3 nitrogen and oxygen atoms in total. The summed E-state index contributed by atoms with van der Waals surface area (Å²) < 4.78 is 19.0. The van der Waals surface area contributed by atoms with Gasteiger partial charge in [0.2, 0.25) is 0 Å². The number of aromatic amines is 1. The van der Waals surface area contributed by atoms with E-state index in [2.05, 4.69) is 16.8 Å². The molecule has 1 aromatic heterocycles. The van der Waals surface area contributed by atoms with Gasteiger partial charge in [0.15, 0.2) is 11.6 Å². The highest BCUT2D eigenvalue weighted by atomic mass is 19.1. The van der Waals surface area contributed by atoms with E-state index < -0.39 is 0 Å². The highest BCUT2D eigenvalue weighted by Crippen LogP contribution is 2.24. The molecular weight excluding hydrogens is 219 g/mol. The van der Waals surface area contributed by atoms with Gasteiger partial charge >= 0.3 is 0 Å². The van der Waals surface area contributed by atoms with Crippen LogP contribution in [0.25, 0.3) is 0 Å². The maximum Gasteiger partial charge on any atom is 0.165 e. The van der Waals surface area contributed by atoms with E-state index >= 15 is 0 Å². The topological polar surface area (TPSA) is 37.9 Å². The van der Waals surface area contributed by atoms with Crippen molar-refractivity contribution in [2.75, 3.05) is 6.61 Å². The summed E-state index contributed by atoms with van der Waals surface area (Å²) >= 11 is 0. The molecule has 0 radical (unpaired) electrons. The van der Waals surface area contributed by atoms with Crippen molar-refractivity contribution in [3.8, 4) is 5.75 Å². The molecule has 0 atom stereocenters. The summed E-state index contributed by atoms with van der Waals surface area (Å²) in [6.45, 7) is 3.84. The zero-order valence-corrected chi connectivity index (χ0v) is 9.32. The summed E-state index contributed by atoms with van der Waals surface area (Å²) in [5, 5.41) is 6.58. The summed E-state index contributed by atoms with van der Waals surface area (Å²) in [7, 11) is 0. The van der Waals surface area contributed by atoms with E-state index in [1.807, 2.05) is 6.07 Å². The first-order valence-corrected chi connectivity index (χ1v) is 5.30. The number of para-hydroxylation sites is 1. The van der Waals surface area contributed by atoms with Crippen molar-refractivity contribution in [1.29, 1.82) is 0 Å². The zero-order chi connectivity index (χ0) is 12.1. The average Bonchev–Trinajstić information content (AvgIpc) is 2.81. The van der Waals surface area contributed by atoms with Crippen LogP contribution in [0.2, 0.25) is 0 Å². The van der Waals surface area contributed by atoms with E-state index in [1.165, 1.54) is 6.07 Å². The first-order valence-electron chi connectivity index (χ1n) is 5.30. The van der Waals surface area contributed by atoms with Crippen molar-refractivity contribution in [2.45, 2.75) is 6.42 Å². The molecule has 0 aliphatic rings. The lowest BCUT2D eigenvalue weighted by molar-refractivity contribution is 0.338. The largest absolute Gasteiger partial charge is 0.486 e. The zero-order valence-electron chi connectivity index (χ0n) is 9.32. The van der Waals surface area contributed by atoms with Crippen molar-refractivity contribution in [2.24, 2.45) is 0 Å². The van der Waals surface area contributed by atoms with Gasteiger partial charge in [0.1, 0.15) is 6.61 Å². The summed E-state index contributed by atoms with van der Waals surface area (Å²) in [5.41, 5.74) is 1.78. The van der Waals surface area contributed by atoms with Gasteiger partial charge in [-0.15, -0.1) is 0 Å². The van der Waals surface area contributed by atoms with Gasteiger partial charge < -0.3 is 4.74 Å². The summed E-state index contributed by atoms with van der Waals surface area (Å²) in [6, 6.07) is 4.90. The maximum atomic E-state index is 13.6. The lowest BCUT2D eigenvalue weighted by atomic mass is 10.1. The second-order valence-corrected chi connectivity index (χ2v) is 3.61. The fourth-order valence-corrected chi connectivity index (χ4v) is 1.59. The Morgan fingerprint density at radius 1 is 1.47 bits per heavy atom. The Kier molecular flexibility index (Phi) is 3.55. The summed E-state index contributed by atoms with van der Waals surface area (Å²) in [5.74, 6) is -0.0681. The van der Waals surface area contributed by atoms with Gasteiger partial charge in [0.25, 0.3) is 0 Å². The van der Waals surface area contributed by atoms with Crippen LogP contribution >= 0.6 is 0 Å². The molecule has 88 valence electrons. The Balaban J connectivity index is 2.25. The lowest BCUT2D eigenvalue weighted by Crippen LogP contribution is -2.00. The minimum atomic E-state index is -0.354. The van der Waals surface area contributed by atoms with Gasteiger partial charge in [-0.25, -0.2) is 4.39 Å². The smallest absolute Gasteiger partial charge is 0.165 e. The van der Waals surface area contributed by atoms with Crippen molar-refractivity contribution in [3.05, 3.63) is 60.2 Å². The first-order chi connectivity index (χ1) is 8.31. The third kappa shape index (κ3) is 2.72. The van der Waals surface area contributed by atoms with Crippen LogP contribution < -0.4 is 4.74 Å². The highest BCUT2D eigenvalue weighted by Gasteiger charge is 2.10. The van der Waals surface area contributed by atoms with Crippen LogP contribution in [0.5, 0.6) is 5.75 Å². The molecule has 17 heavy (non-hydrogen) atoms. The SMILES string of the molecule is C=CCOc1c(F)cccc1Cc1cn[nH]c1. The molecule has 0 saturated carbocycles. The molecule has 0 bridgehead atoms. The number of hydrogen-bond acceptors (Lipinski definition) is 2. The van der Waals surface area contributed by atoms with Gasteiger partial charge in [-0.1, -0.05) is 24.8 Å². The number of aromatic nitrogens is 2. The van der Waals surface area contributed by atoms with Gasteiger partial charge in [0, 0.05) is 18.2 Å². The number of hydrogen-bond donors (Lipinski definition) is 1. The van der Waals surface area contributed by atoms with Crippen molar-refractivity contribution in [1.82, 2.24) is 10.2 Å². The number of ether oxygens (including phenoxy) is 1. The first kappa shape index (κ1) is 11.4. The normalized spacial score (nSPS) is 10.2. The molecule has 0 aliphatic carbocycles. The fourth-order valence-electron chi connectivity index (χ4n) is 1.59. The number of benzene rings is 1. The van der Waals surface area contributed by atoms with Gasteiger partial charge in [-0.05, 0) is 11.6 Å². The van der Waals surface area contributed by atoms with Gasteiger partial charge in [-0.3, -0.25) is 5.10 Å². The molecule has 0 saturated heterocycles. The van der Waals surface area contributed by atoms with Gasteiger partial charge in [0.05, 0.1) is 6.20 Å². The quantitative estimate of drug-likeness (QED) is 0.805. The van der Waals surface area contributed by atoms with Crippen LogP contribution in [0.15, 0.2) is 43.2 Å². The van der Waals surface area contributed by atoms with Crippen LogP contribution in [0.3, 0.4) is 0 Å². The van der Waals surface area contributed by atoms with Crippen LogP contribution in [0, 0.1) is 5.82 Å². The number of halogens is 1. The van der Waals surface area contributed by atoms with Crippen LogP contribution in [0.1, 0.15) is 11.1 Å². The Morgan fingerprint density at radius 2 is 2.35 bits per heavy atom. The molecule has 0 unspecified atom stereocenters. The van der Waals surface area contributed by atoms with E-state index in [0.717, 1.165) is 11.1 Å². The fraction of sp³-hybridized carbons (Fsp3) is 0.154. The molecule has 2 rings (SSSR count). The molecular formula is C13H13FN2O. The van der Waals surface area contributed by atoms with E-state index in [9.17, 15) is 4.39 Å². The van der Waals surface area contributed by atoms with Crippen LogP contribution in [-0.4, -0.2) is 16.8 Å². The van der Waals surface area contributed by atoms with E-state index in [-0.39, 0.29) is 11.6 Å². The van der Waals surface area contributed by atoms with E-state index in [4.69, 9.17) is 4.74 Å². The molecule has 0 aliphatic heterocycles. The Morgan fingerprint density at radius 3 is 3.06 bits per heavy atom. The number of rotatable bonds is 5. The van der Waals surface area contributed by atoms with Gasteiger partial charge in [-0.2, -0.15) is 5.10 Å². The highest BCUT2D eigenvalue weighted by molar-refractivity contribution is 5.38. The predicted molar refractivity (Wildman–Crippen MR) is 63.5 cm³/mol. The number of nitrogens with zero attached hydrogens (tertiary/aromatic N) is 1. The predicted octanol–water partition coefficient (Wildman–Crippen LogP) is 2.70. The van der Waals surface area contributed by atoms with Crippen molar-refractivity contribution >= 4 is 0 Å². The molecule has 0 fully saturated rings. The lowest BCUT2D eigenvalue weighted by Gasteiger charge is -2.10. The van der Waals surface area contributed by atoms with Crippen LogP contribution in [0.4, 0.5) is 4.39 Å². The molecule has 1 aromatic carbocycles. The molecule has 0 amide bonds. The second-order valence-electron chi connectivity index (χ2n) is 3.61. The minimum absolute atomic E-state index is 0.286. The third-order valence-corrected chi connectivity index (χ3v) is 2.34. The third-order valence-electron chi connectivity index (χ3n) is 2.34. The number of H-pyrrole nitrogens is 1. The minimum Gasteiger partial charge on any atom is -0.486 e. The molecule has 4 heteroatoms. The maximum absolute atomic E-state index is 13.6. The van der Waals surface area contributed by atoms with E-state index in [1.54, 1.807) is 24.5 Å². The average molecular weight is 232 g/mol. The van der Waals surface area contributed by atoms with Crippen LogP contribution in [-0.2, 0) is 6.42 Å². The van der Waals surface area contributed by atoms with Crippen molar-refractivity contribution < 1.29 is 9.13 Å². The Labute approximate surface area is 98.9 Å². The summed E-state index contributed by atoms with van der Waals surface area (Å²) in [6.07, 6.45) is 5.67. The molecule has 0 spiro atoms.